The number of rotatable bonds is 2. The highest BCUT2D eigenvalue weighted by Crippen LogP contribution is 2.18. The summed E-state index contributed by atoms with van der Waals surface area (Å²) in [6.45, 7) is 3.70. The van der Waals surface area contributed by atoms with Crippen LogP contribution in [0.15, 0.2) is 18.3 Å². The summed E-state index contributed by atoms with van der Waals surface area (Å²) in [6, 6.07) is 3.51. The van der Waals surface area contributed by atoms with Gasteiger partial charge < -0.3 is 15.0 Å². The van der Waals surface area contributed by atoms with Crippen molar-refractivity contribution in [3.05, 3.63) is 23.9 Å². The number of ether oxygens (including phenoxy) is 1. The van der Waals surface area contributed by atoms with Crippen molar-refractivity contribution in [2.75, 3.05) is 38.2 Å². The van der Waals surface area contributed by atoms with Gasteiger partial charge in [-0.25, -0.2) is 9.78 Å². The lowest BCUT2D eigenvalue weighted by molar-refractivity contribution is 0.0601. The van der Waals surface area contributed by atoms with Crippen molar-refractivity contribution in [2.24, 2.45) is 0 Å². The highest BCUT2D eigenvalue weighted by Gasteiger charge is 2.18. The first kappa shape index (κ1) is 11.9. The summed E-state index contributed by atoms with van der Waals surface area (Å²) in [5, 5.41) is 3.32. The molecule has 5 heteroatoms. The van der Waals surface area contributed by atoms with E-state index in [0.29, 0.717) is 5.56 Å². The molecule has 1 aliphatic rings. The monoisotopic (exact) mass is 235 g/mol. The molecule has 0 saturated carbocycles. The number of anilines is 1. The molecule has 1 aromatic rings. The maximum Gasteiger partial charge on any atom is 0.341 e. The molecule has 0 amide bonds. The van der Waals surface area contributed by atoms with Crippen LogP contribution in [0.2, 0.25) is 0 Å². The molecule has 92 valence electrons. The van der Waals surface area contributed by atoms with Crippen molar-refractivity contribution in [1.29, 1.82) is 0 Å². The standard InChI is InChI=1S/C12H17N3O2/c1-17-12(16)10-4-2-6-14-11(10)15-8-3-5-13-7-9-15/h2,4,6,13H,3,5,7-9H2,1H3. The van der Waals surface area contributed by atoms with Crippen LogP contribution in [0.25, 0.3) is 0 Å². The molecule has 0 bridgehead atoms. The second-order valence-electron chi connectivity index (χ2n) is 3.96. The molecular formula is C12H17N3O2. The van der Waals surface area contributed by atoms with E-state index in [4.69, 9.17) is 4.74 Å². The molecule has 2 heterocycles. The third-order valence-corrected chi connectivity index (χ3v) is 2.83. The molecule has 5 nitrogen and oxygen atoms in total. The molecule has 0 spiro atoms. The Labute approximate surface area is 101 Å². The van der Waals surface area contributed by atoms with Crippen molar-refractivity contribution in [1.82, 2.24) is 10.3 Å². The Morgan fingerprint density at radius 1 is 1.47 bits per heavy atom. The van der Waals surface area contributed by atoms with Gasteiger partial charge in [0.1, 0.15) is 11.4 Å². The summed E-state index contributed by atoms with van der Waals surface area (Å²) in [5.41, 5.74) is 0.539. The van der Waals surface area contributed by atoms with Crippen LogP contribution in [0.5, 0.6) is 0 Å². The van der Waals surface area contributed by atoms with Gasteiger partial charge in [0.25, 0.3) is 0 Å². The van der Waals surface area contributed by atoms with Crippen LogP contribution in [-0.2, 0) is 4.74 Å². The van der Waals surface area contributed by atoms with Crippen molar-refractivity contribution in [3.8, 4) is 0 Å². The van der Waals surface area contributed by atoms with Crippen LogP contribution in [0, 0.1) is 0 Å². The number of hydrogen-bond acceptors (Lipinski definition) is 5. The molecular weight excluding hydrogens is 218 g/mol. The summed E-state index contributed by atoms with van der Waals surface area (Å²) >= 11 is 0. The van der Waals surface area contributed by atoms with Gasteiger partial charge in [-0.15, -0.1) is 0 Å². The second kappa shape index (κ2) is 5.63. The topological polar surface area (TPSA) is 54.5 Å². The van der Waals surface area contributed by atoms with Crippen molar-refractivity contribution in [2.45, 2.75) is 6.42 Å². The third kappa shape index (κ3) is 2.74. The quantitative estimate of drug-likeness (QED) is 0.763. The Kier molecular flexibility index (Phi) is 3.93. The lowest BCUT2D eigenvalue weighted by atomic mass is 10.2. The van der Waals surface area contributed by atoms with Gasteiger partial charge in [0.15, 0.2) is 0 Å². The smallest absolute Gasteiger partial charge is 0.341 e. The SMILES string of the molecule is COC(=O)c1cccnc1N1CCCNCC1. The zero-order valence-electron chi connectivity index (χ0n) is 9.98. The van der Waals surface area contributed by atoms with Gasteiger partial charge in [0, 0.05) is 25.8 Å². The van der Waals surface area contributed by atoms with E-state index in [1.54, 1.807) is 18.3 Å². The highest BCUT2D eigenvalue weighted by molar-refractivity contribution is 5.94. The van der Waals surface area contributed by atoms with Crippen LogP contribution in [0.4, 0.5) is 5.82 Å². The van der Waals surface area contributed by atoms with E-state index in [-0.39, 0.29) is 5.97 Å². The fourth-order valence-corrected chi connectivity index (χ4v) is 1.98. The Morgan fingerprint density at radius 2 is 2.35 bits per heavy atom. The Hall–Kier alpha value is -1.62. The second-order valence-corrected chi connectivity index (χ2v) is 3.96. The molecule has 1 aliphatic heterocycles. The minimum atomic E-state index is -0.328. The number of esters is 1. The first-order chi connectivity index (χ1) is 8.33. The van der Waals surface area contributed by atoms with Crippen LogP contribution in [0.3, 0.4) is 0 Å². The summed E-state index contributed by atoms with van der Waals surface area (Å²) in [5.74, 6) is 0.397. The maximum absolute atomic E-state index is 11.7. The number of pyridine rings is 1. The Balaban J connectivity index is 2.26. The van der Waals surface area contributed by atoms with Gasteiger partial charge in [-0.05, 0) is 25.1 Å². The number of nitrogens with one attached hydrogen (secondary N) is 1. The zero-order valence-corrected chi connectivity index (χ0v) is 9.98. The third-order valence-electron chi connectivity index (χ3n) is 2.83. The maximum atomic E-state index is 11.7. The van der Waals surface area contributed by atoms with E-state index >= 15 is 0 Å². The number of carbonyl (C=O) groups excluding carboxylic acids is 1. The number of carbonyl (C=O) groups is 1. The minimum absolute atomic E-state index is 0.328. The molecule has 0 unspecified atom stereocenters. The highest BCUT2D eigenvalue weighted by atomic mass is 16.5. The molecule has 17 heavy (non-hydrogen) atoms. The first-order valence-corrected chi connectivity index (χ1v) is 5.82. The average Bonchev–Trinajstić information content (AvgIpc) is 2.66. The van der Waals surface area contributed by atoms with Gasteiger partial charge in [-0.3, -0.25) is 0 Å². The van der Waals surface area contributed by atoms with E-state index in [1.807, 2.05) is 0 Å². The average molecular weight is 235 g/mol. The van der Waals surface area contributed by atoms with Gasteiger partial charge in [0.2, 0.25) is 0 Å². The van der Waals surface area contributed by atoms with Gasteiger partial charge in [-0.1, -0.05) is 0 Å². The zero-order chi connectivity index (χ0) is 12.1. The molecule has 0 atom stereocenters. The molecule has 0 aromatic carbocycles. The van der Waals surface area contributed by atoms with Crippen LogP contribution in [-0.4, -0.2) is 44.2 Å². The normalized spacial score (nSPS) is 16.4. The predicted octanol–water partition coefficient (Wildman–Crippen LogP) is 0.668. The van der Waals surface area contributed by atoms with E-state index in [9.17, 15) is 4.79 Å². The van der Waals surface area contributed by atoms with E-state index in [1.165, 1.54) is 7.11 Å². The minimum Gasteiger partial charge on any atom is -0.465 e. The fraction of sp³-hybridized carbons (Fsp3) is 0.500. The lowest BCUT2D eigenvalue weighted by Gasteiger charge is -2.22. The number of nitrogens with zero attached hydrogens (tertiary/aromatic N) is 2. The van der Waals surface area contributed by atoms with E-state index in [2.05, 4.69) is 15.2 Å². The largest absolute Gasteiger partial charge is 0.465 e. The Bertz CT molecular complexity index is 387. The molecule has 1 fully saturated rings. The van der Waals surface area contributed by atoms with E-state index in [0.717, 1.165) is 38.4 Å². The van der Waals surface area contributed by atoms with Crippen molar-refractivity contribution < 1.29 is 9.53 Å². The molecule has 1 N–H and O–H groups in total. The summed E-state index contributed by atoms with van der Waals surface area (Å²) < 4.78 is 4.78. The van der Waals surface area contributed by atoms with Crippen LogP contribution < -0.4 is 10.2 Å². The van der Waals surface area contributed by atoms with Gasteiger partial charge >= 0.3 is 5.97 Å². The molecule has 1 saturated heterocycles. The van der Waals surface area contributed by atoms with Crippen molar-refractivity contribution in [3.63, 3.8) is 0 Å². The van der Waals surface area contributed by atoms with Gasteiger partial charge in [0.05, 0.1) is 7.11 Å². The fourth-order valence-electron chi connectivity index (χ4n) is 1.98. The molecule has 0 radical (unpaired) electrons. The predicted molar refractivity (Wildman–Crippen MR) is 65.3 cm³/mol. The summed E-state index contributed by atoms with van der Waals surface area (Å²) in [6.07, 6.45) is 2.76. The van der Waals surface area contributed by atoms with Crippen LogP contribution in [0.1, 0.15) is 16.8 Å². The van der Waals surface area contributed by atoms with Gasteiger partial charge in [-0.2, -0.15) is 0 Å². The first-order valence-electron chi connectivity index (χ1n) is 5.82. The lowest BCUT2D eigenvalue weighted by Crippen LogP contribution is -2.30. The van der Waals surface area contributed by atoms with E-state index < -0.39 is 0 Å². The van der Waals surface area contributed by atoms with Crippen molar-refractivity contribution >= 4 is 11.8 Å². The molecule has 2 rings (SSSR count). The number of methoxy groups -OCH3 is 1. The molecule has 0 aliphatic carbocycles. The Morgan fingerprint density at radius 3 is 3.18 bits per heavy atom. The van der Waals surface area contributed by atoms with Crippen LogP contribution >= 0.6 is 0 Å². The summed E-state index contributed by atoms with van der Waals surface area (Å²) in [4.78, 5) is 18.1. The number of aromatic nitrogens is 1. The number of hydrogen-bond donors (Lipinski definition) is 1. The summed E-state index contributed by atoms with van der Waals surface area (Å²) in [7, 11) is 1.39. The molecule has 1 aromatic heterocycles.